The average Bonchev–Trinajstić information content (AvgIpc) is 2.45. The van der Waals surface area contributed by atoms with Crippen LogP contribution >= 0.6 is 0 Å². The molecule has 1 heterocycles. The first-order chi connectivity index (χ1) is 9.54. The van der Waals surface area contributed by atoms with Crippen molar-refractivity contribution in [2.45, 2.75) is 19.1 Å². The predicted molar refractivity (Wildman–Crippen MR) is 71.2 cm³/mol. The van der Waals surface area contributed by atoms with Crippen molar-refractivity contribution in [2.75, 3.05) is 6.54 Å². The van der Waals surface area contributed by atoms with Crippen LogP contribution in [0.3, 0.4) is 0 Å². The number of aromatic nitrogens is 1. The summed E-state index contributed by atoms with van der Waals surface area (Å²) in [6.07, 6.45) is -1.94. The second-order valence-corrected chi connectivity index (χ2v) is 4.36. The van der Waals surface area contributed by atoms with E-state index in [-0.39, 0.29) is 5.56 Å². The zero-order valence-corrected chi connectivity index (χ0v) is 11.0. The van der Waals surface area contributed by atoms with Gasteiger partial charge in [0, 0.05) is 18.0 Å². The van der Waals surface area contributed by atoms with Crippen LogP contribution in [0.25, 0.3) is 0 Å². The van der Waals surface area contributed by atoms with E-state index in [1.54, 1.807) is 12.1 Å². The predicted octanol–water partition coefficient (Wildman–Crippen LogP) is 3.80. The van der Waals surface area contributed by atoms with Crippen molar-refractivity contribution >= 4 is 0 Å². The first-order valence-electron chi connectivity index (χ1n) is 6.33. The lowest BCUT2D eigenvalue weighted by atomic mass is 9.96. The van der Waals surface area contributed by atoms with Crippen LogP contribution in [0.15, 0.2) is 48.8 Å². The standard InChI is InChI=1S/C15H15F3N2/c1-2-20-14(11-6-4-3-5-7-11)12-10-19-9-8-13(12)15(16,17)18/h3-10,14,20H,2H2,1H3. The maximum atomic E-state index is 13.1. The van der Waals surface area contributed by atoms with E-state index in [1.807, 2.05) is 25.1 Å². The number of hydrogen-bond donors (Lipinski definition) is 1. The van der Waals surface area contributed by atoms with Gasteiger partial charge in [-0.3, -0.25) is 4.98 Å². The summed E-state index contributed by atoms with van der Waals surface area (Å²) in [6, 6.07) is 9.56. The van der Waals surface area contributed by atoms with Crippen molar-refractivity contribution in [1.29, 1.82) is 0 Å². The number of nitrogens with zero attached hydrogens (tertiary/aromatic N) is 1. The monoisotopic (exact) mass is 280 g/mol. The lowest BCUT2D eigenvalue weighted by Gasteiger charge is -2.22. The van der Waals surface area contributed by atoms with Gasteiger partial charge in [-0.2, -0.15) is 13.2 Å². The fraction of sp³-hybridized carbons (Fsp3) is 0.267. The van der Waals surface area contributed by atoms with E-state index in [4.69, 9.17) is 0 Å². The van der Waals surface area contributed by atoms with Crippen LogP contribution in [0.5, 0.6) is 0 Å². The van der Waals surface area contributed by atoms with Crippen molar-refractivity contribution in [2.24, 2.45) is 0 Å². The minimum absolute atomic E-state index is 0.146. The molecule has 5 heteroatoms. The molecule has 0 saturated heterocycles. The third-order valence-electron chi connectivity index (χ3n) is 3.01. The minimum Gasteiger partial charge on any atom is -0.306 e. The molecule has 1 N–H and O–H groups in total. The summed E-state index contributed by atoms with van der Waals surface area (Å²) in [5, 5.41) is 3.09. The van der Waals surface area contributed by atoms with E-state index in [0.29, 0.717) is 6.54 Å². The summed E-state index contributed by atoms with van der Waals surface area (Å²) >= 11 is 0. The lowest BCUT2D eigenvalue weighted by molar-refractivity contribution is -0.138. The molecule has 1 aromatic carbocycles. The van der Waals surface area contributed by atoms with Gasteiger partial charge in [0.25, 0.3) is 0 Å². The van der Waals surface area contributed by atoms with Crippen LogP contribution in [-0.2, 0) is 6.18 Å². The molecule has 0 radical (unpaired) electrons. The Labute approximate surface area is 115 Å². The lowest BCUT2D eigenvalue weighted by Crippen LogP contribution is -2.25. The van der Waals surface area contributed by atoms with E-state index >= 15 is 0 Å². The molecule has 0 spiro atoms. The van der Waals surface area contributed by atoms with E-state index in [1.165, 1.54) is 12.4 Å². The fourth-order valence-electron chi connectivity index (χ4n) is 2.15. The van der Waals surface area contributed by atoms with Gasteiger partial charge in [0.2, 0.25) is 0 Å². The molecule has 20 heavy (non-hydrogen) atoms. The number of rotatable bonds is 4. The van der Waals surface area contributed by atoms with E-state index in [0.717, 1.165) is 11.6 Å². The van der Waals surface area contributed by atoms with Crippen LogP contribution in [0.1, 0.15) is 29.7 Å². The van der Waals surface area contributed by atoms with Gasteiger partial charge < -0.3 is 5.32 Å². The highest BCUT2D eigenvalue weighted by atomic mass is 19.4. The quantitative estimate of drug-likeness (QED) is 0.921. The molecule has 1 aromatic heterocycles. The topological polar surface area (TPSA) is 24.9 Å². The molecule has 2 rings (SSSR count). The molecule has 0 saturated carbocycles. The molecule has 0 aliphatic rings. The first-order valence-corrected chi connectivity index (χ1v) is 6.33. The summed E-state index contributed by atoms with van der Waals surface area (Å²) < 4.78 is 39.3. The smallest absolute Gasteiger partial charge is 0.306 e. The van der Waals surface area contributed by atoms with Gasteiger partial charge in [-0.05, 0) is 18.2 Å². The van der Waals surface area contributed by atoms with Gasteiger partial charge in [0.15, 0.2) is 0 Å². The van der Waals surface area contributed by atoms with Gasteiger partial charge in [0.05, 0.1) is 11.6 Å². The summed E-state index contributed by atoms with van der Waals surface area (Å²) in [5.41, 5.74) is 0.281. The van der Waals surface area contributed by atoms with Crippen LogP contribution in [0.2, 0.25) is 0 Å². The van der Waals surface area contributed by atoms with Crippen molar-refractivity contribution in [1.82, 2.24) is 10.3 Å². The average molecular weight is 280 g/mol. The Kier molecular flexibility index (Phi) is 4.39. The van der Waals surface area contributed by atoms with Crippen LogP contribution in [0, 0.1) is 0 Å². The van der Waals surface area contributed by atoms with E-state index < -0.39 is 17.8 Å². The molecule has 1 unspecified atom stereocenters. The Hall–Kier alpha value is -1.88. The third-order valence-corrected chi connectivity index (χ3v) is 3.01. The number of pyridine rings is 1. The molecule has 0 amide bonds. The Bertz CT molecular complexity index is 553. The zero-order valence-electron chi connectivity index (χ0n) is 11.0. The van der Waals surface area contributed by atoms with Crippen LogP contribution in [0.4, 0.5) is 13.2 Å². The summed E-state index contributed by atoms with van der Waals surface area (Å²) in [6.45, 7) is 2.42. The SMILES string of the molecule is CCNC(c1ccccc1)c1cnccc1C(F)(F)F. The fourth-order valence-corrected chi connectivity index (χ4v) is 2.15. The maximum Gasteiger partial charge on any atom is 0.416 e. The van der Waals surface area contributed by atoms with Crippen molar-refractivity contribution in [3.8, 4) is 0 Å². The highest BCUT2D eigenvalue weighted by molar-refractivity contribution is 5.37. The summed E-state index contributed by atoms with van der Waals surface area (Å²) in [4.78, 5) is 3.85. The number of alkyl halides is 3. The highest BCUT2D eigenvalue weighted by Crippen LogP contribution is 2.35. The van der Waals surface area contributed by atoms with E-state index in [9.17, 15) is 13.2 Å². The molecule has 0 aliphatic heterocycles. The van der Waals surface area contributed by atoms with Crippen molar-refractivity contribution in [3.05, 3.63) is 65.5 Å². The van der Waals surface area contributed by atoms with Gasteiger partial charge >= 0.3 is 6.18 Å². The Morgan fingerprint density at radius 2 is 1.85 bits per heavy atom. The highest BCUT2D eigenvalue weighted by Gasteiger charge is 2.35. The Morgan fingerprint density at radius 3 is 2.45 bits per heavy atom. The van der Waals surface area contributed by atoms with Crippen LogP contribution < -0.4 is 5.32 Å². The molecule has 0 bridgehead atoms. The van der Waals surface area contributed by atoms with Crippen LogP contribution in [-0.4, -0.2) is 11.5 Å². The molecule has 1 atom stereocenters. The second kappa shape index (κ2) is 6.05. The molecular weight excluding hydrogens is 265 g/mol. The third kappa shape index (κ3) is 3.17. The van der Waals surface area contributed by atoms with Gasteiger partial charge in [-0.25, -0.2) is 0 Å². The maximum absolute atomic E-state index is 13.1. The number of nitrogens with one attached hydrogen (secondary N) is 1. The summed E-state index contributed by atoms with van der Waals surface area (Å²) in [7, 11) is 0. The van der Waals surface area contributed by atoms with E-state index in [2.05, 4.69) is 10.3 Å². The molecule has 2 nitrogen and oxygen atoms in total. The van der Waals surface area contributed by atoms with Gasteiger partial charge in [-0.1, -0.05) is 37.3 Å². The first kappa shape index (κ1) is 14.5. The number of halogens is 3. The normalized spacial score (nSPS) is 13.2. The number of hydrogen-bond acceptors (Lipinski definition) is 2. The van der Waals surface area contributed by atoms with Crippen molar-refractivity contribution < 1.29 is 13.2 Å². The molecule has 0 fully saturated rings. The minimum atomic E-state index is -4.39. The summed E-state index contributed by atoms with van der Waals surface area (Å²) in [5.74, 6) is 0. The number of benzene rings is 1. The second-order valence-electron chi connectivity index (χ2n) is 4.36. The van der Waals surface area contributed by atoms with Gasteiger partial charge in [0.1, 0.15) is 0 Å². The van der Waals surface area contributed by atoms with Crippen molar-refractivity contribution in [3.63, 3.8) is 0 Å². The molecular formula is C15H15F3N2. The largest absolute Gasteiger partial charge is 0.416 e. The van der Waals surface area contributed by atoms with Gasteiger partial charge in [-0.15, -0.1) is 0 Å². The molecule has 106 valence electrons. The zero-order chi connectivity index (χ0) is 14.6. The Morgan fingerprint density at radius 1 is 1.15 bits per heavy atom. The Balaban J connectivity index is 2.51. The molecule has 0 aliphatic carbocycles. The molecule has 2 aromatic rings.